The number of halogens is 3. The molecule has 0 bridgehead atoms. The number of ether oxygens (including phenoxy) is 1. The first-order chi connectivity index (χ1) is 14.3. The first-order valence-electron chi connectivity index (χ1n) is 9.06. The summed E-state index contributed by atoms with van der Waals surface area (Å²) in [4.78, 5) is 12.0. The number of carbonyl (C=O) groups is 1. The molecule has 1 heterocycles. The molecule has 8 heteroatoms. The fourth-order valence-corrected chi connectivity index (χ4v) is 3.69. The molecule has 0 saturated carbocycles. The van der Waals surface area contributed by atoms with Gasteiger partial charge in [0.15, 0.2) is 0 Å². The van der Waals surface area contributed by atoms with Crippen molar-refractivity contribution < 1.29 is 27.8 Å². The summed E-state index contributed by atoms with van der Waals surface area (Å²) in [6.07, 6.45) is -4.78. The van der Waals surface area contributed by atoms with Crippen molar-refractivity contribution in [2.45, 2.75) is 19.5 Å². The average molecular weight is 414 g/mol. The van der Waals surface area contributed by atoms with E-state index in [1.807, 2.05) is 10.6 Å². The highest BCUT2D eigenvalue weighted by Crippen LogP contribution is 2.33. The maximum atomic E-state index is 12.6. The van der Waals surface area contributed by atoms with Gasteiger partial charge in [0.05, 0.1) is 12.1 Å². The van der Waals surface area contributed by atoms with Gasteiger partial charge in [-0.25, -0.2) is 0 Å². The summed E-state index contributed by atoms with van der Waals surface area (Å²) >= 11 is 0. The van der Waals surface area contributed by atoms with Gasteiger partial charge in [-0.3, -0.25) is 4.79 Å². The molecular weight excluding hydrogens is 397 g/mol. The van der Waals surface area contributed by atoms with Crippen molar-refractivity contribution in [2.24, 2.45) is 5.73 Å². The van der Waals surface area contributed by atoms with Crippen LogP contribution in [0.4, 0.5) is 13.2 Å². The summed E-state index contributed by atoms with van der Waals surface area (Å²) in [5.74, 6) is -0.888. The van der Waals surface area contributed by atoms with Gasteiger partial charge in [-0.1, -0.05) is 30.3 Å². The van der Waals surface area contributed by atoms with E-state index in [2.05, 4.69) is 4.74 Å². The second kappa shape index (κ2) is 7.38. The van der Waals surface area contributed by atoms with Crippen LogP contribution in [0.5, 0.6) is 5.75 Å². The Labute approximate surface area is 169 Å². The summed E-state index contributed by atoms with van der Waals surface area (Å²) in [6.45, 7) is 0.0567. The number of hydrogen-bond acceptors (Lipinski definition) is 3. The minimum absolute atomic E-state index is 0.172. The molecule has 154 valence electrons. The van der Waals surface area contributed by atoms with Gasteiger partial charge in [-0.2, -0.15) is 0 Å². The number of nitrogens with two attached hydrogens (primary N) is 1. The molecular formula is C22H17F3N2O3. The molecule has 0 unspecified atom stereocenters. The maximum Gasteiger partial charge on any atom is 0.573 e. The maximum absolute atomic E-state index is 12.6. The summed E-state index contributed by atoms with van der Waals surface area (Å²) in [6, 6.07) is 16.2. The van der Waals surface area contributed by atoms with Crippen LogP contribution < -0.4 is 10.5 Å². The molecule has 5 nitrogen and oxygen atoms in total. The molecule has 4 aromatic rings. The second-order valence-corrected chi connectivity index (χ2v) is 6.85. The van der Waals surface area contributed by atoms with Gasteiger partial charge in [0.2, 0.25) is 5.91 Å². The molecule has 0 aliphatic rings. The topological polar surface area (TPSA) is 77.5 Å². The van der Waals surface area contributed by atoms with Gasteiger partial charge in [-0.05, 0) is 41.5 Å². The van der Waals surface area contributed by atoms with Gasteiger partial charge in [-0.15, -0.1) is 13.2 Å². The van der Waals surface area contributed by atoms with E-state index in [0.717, 1.165) is 10.9 Å². The highest BCUT2D eigenvalue weighted by molar-refractivity contribution is 6.17. The smallest absolute Gasteiger partial charge is 0.406 e. The summed E-state index contributed by atoms with van der Waals surface area (Å²) in [5, 5.41) is 11.0. The number of aliphatic hydroxyl groups excluding tert-OH is 1. The molecule has 0 saturated heterocycles. The highest BCUT2D eigenvalue weighted by atomic mass is 19.4. The Hall–Kier alpha value is -3.52. The van der Waals surface area contributed by atoms with Crippen molar-refractivity contribution in [3.05, 3.63) is 77.4 Å². The molecule has 3 N–H and O–H groups in total. The lowest BCUT2D eigenvalue weighted by atomic mass is 10.0. The number of aromatic nitrogens is 1. The molecule has 1 amide bonds. The summed E-state index contributed by atoms with van der Waals surface area (Å²) < 4.78 is 43.6. The number of rotatable bonds is 5. The molecule has 0 aliphatic heterocycles. The fourth-order valence-electron chi connectivity index (χ4n) is 3.69. The molecule has 0 aliphatic carbocycles. The Kier molecular flexibility index (Phi) is 4.87. The summed E-state index contributed by atoms with van der Waals surface area (Å²) in [5.41, 5.74) is 8.59. The lowest BCUT2D eigenvalue weighted by Crippen LogP contribution is -2.17. The van der Waals surface area contributed by atoms with E-state index >= 15 is 0 Å². The van der Waals surface area contributed by atoms with Crippen molar-refractivity contribution in [3.8, 4) is 5.75 Å². The van der Waals surface area contributed by atoms with E-state index in [9.17, 15) is 23.1 Å². The Morgan fingerprint density at radius 2 is 1.77 bits per heavy atom. The van der Waals surface area contributed by atoms with Crippen LogP contribution >= 0.6 is 0 Å². The van der Waals surface area contributed by atoms with Crippen molar-refractivity contribution in [2.75, 3.05) is 0 Å². The van der Waals surface area contributed by atoms with Gasteiger partial charge in [0, 0.05) is 28.4 Å². The Balaban J connectivity index is 1.90. The van der Waals surface area contributed by atoms with E-state index < -0.39 is 12.3 Å². The quantitative estimate of drug-likeness (QED) is 0.510. The highest BCUT2D eigenvalue weighted by Gasteiger charge is 2.31. The number of nitrogens with zero attached hydrogens (tertiary/aromatic N) is 1. The SMILES string of the molecule is NC(=O)c1cccc2c1c1ccc(CO)cc1n2Cc1cccc(OC(F)(F)F)c1. The number of carbonyl (C=O) groups excluding carboxylic acids is 1. The molecule has 0 radical (unpaired) electrons. The summed E-state index contributed by atoms with van der Waals surface area (Å²) in [7, 11) is 0. The number of amides is 1. The number of alkyl halides is 3. The normalized spacial score (nSPS) is 11.9. The predicted molar refractivity (Wildman–Crippen MR) is 106 cm³/mol. The Bertz CT molecular complexity index is 1260. The average Bonchev–Trinajstić information content (AvgIpc) is 3.00. The van der Waals surface area contributed by atoms with E-state index in [4.69, 9.17) is 5.73 Å². The third kappa shape index (κ3) is 3.69. The third-order valence-corrected chi connectivity index (χ3v) is 4.88. The van der Waals surface area contributed by atoms with Crippen molar-refractivity contribution in [3.63, 3.8) is 0 Å². The van der Waals surface area contributed by atoms with Crippen molar-refractivity contribution >= 4 is 27.7 Å². The molecule has 0 spiro atoms. The number of hydrogen-bond donors (Lipinski definition) is 2. The molecule has 0 fully saturated rings. The van der Waals surface area contributed by atoms with E-state index in [1.54, 1.807) is 36.4 Å². The monoisotopic (exact) mass is 414 g/mol. The van der Waals surface area contributed by atoms with Gasteiger partial charge < -0.3 is 20.1 Å². The van der Waals surface area contributed by atoms with E-state index in [0.29, 0.717) is 27.6 Å². The lowest BCUT2D eigenvalue weighted by molar-refractivity contribution is -0.274. The Morgan fingerprint density at radius 1 is 1.00 bits per heavy atom. The minimum Gasteiger partial charge on any atom is -0.406 e. The first-order valence-corrected chi connectivity index (χ1v) is 9.06. The van der Waals surface area contributed by atoms with E-state index in [-0.39, 0.29) is 18.9 Å². The van der Waals surface area contributed by atoms with Gasteiger partial charge in [0.25, 0.3) is 0 Å². The van der Waals surface area contributed by atoms with E-state index in [1.165, 1.54) is 18.2 Å². The fraction of sp³-hybridized carbons (Fsp3) is 0.136. The van der Waals surface area contributed by atoms with Gasteiger partial charge in [0.1, 0.15) is 5.75 Å². The number of aliphatic hydroxyl groups is 1. The zero-order valence-corrected chi connectivity index (χ0v) is 15.6. The molecule has 3 aromatic carbocycles. The molecule has 30 heavy (non-hydrogen) atoms. The van der Waals surface area contributed by atoms with Crippen LogP contribution in [0.15, 0.2) is 60.7 Å². The second-order valence-electron chi connectivity index (χ2n) is 6.85. The predicted octanol–water partition coefficient (Wildman–Crippen LogP) is 4.33. The standard InChI is InChI=1S/C22H17F3N2O3/c23-22(24,25)30-15-4-1-3-13(9-15)11-27-18-6-2-5-17(21(26)29)20(18)16-8-7-14(12-28)10-19(16)27/h1-10,28H,11-12H2,(H2,26,29). The van der Waals surface area contributed by atoms with Crippen LogP contribution in [0.3, 0.4) is 0 Å². The first kappa shape index (κ1) is 19.8. The van der Waals surface area contributed by atoms with Crippen LogP contribution in [0.25, 0.3) is 21.8 Å². The zero-order chi connectivity index (χ0) is 21.5. The van der Waals surface area contributed by atoms with Crippen LogP contribution in [-0.2, 0) is 13.2 Å². The van der Waals surface area contributed by atoms with Crippen LogP contribution in [0.2, 0.25) is 0 Å². The lowest BCUT2D eigenvalue weighted by Gasteiger charge is -2.12. The number of benzene rings is 3. The van der Waals surface area contributed by atoms with Crippen LogP contribution in [0, 0.1) is 0 Å². The van der Waals surface area contributed by atoms with Gasteiger partial charge >= 0.3 is 6.36 Å². The molecule has 1 aromatic heterocycles. The number of primary amides is 1. The van der Waals surface area contributed by atoms with Crippen LogP contribution in [-0.4, -0.2) is 21.9 Å². The Morgan fingerprint density at radius 3 is 2.47 bits per heavy atom. The molecule has 4 rings (SSSR count). The largest absolute Gasteiger partial charge is 0.573 e. The molecule has 0 atom stereocenters. The van der Waals surface area contributed by atoms with Crippen LogP contribution in [0.1, 0.15) is 21.5 Å². The minimum atomic E-state index is -4.78. The zero-order valence-electron chi connectivity index (χ0n) is 15.6. The number of fused-ring (bicyclic) bond motifs is 3. The third-order valence-electron chi connectivity index (χ3n) is 4.88. The van der Waals surface area contributed by atoms with Crippen molar-refractivity contribution in [1.82, 2.24) is 4.57 Å². The van der Waals surface area contributed by atoms with Crippen molar-refractivity contribution in [1.29, 1.82) is 0 Å².